The second kappa shape index (κ2) is 6.49. The molecule has 3 rings (SSSR count). The Morgan fingerprint density at radius 3 is 2.63 bits per heavy atom. The van der Waals surface area contributed by atoms with Crippen LogP contribution in [0, 0.1) is 5.41 Å². The highest BCUT2D eigenvalue weighted by atomic mass is 32.2. The van der Waals surface area contributed by atoms with Crippen molar-refractivity contribution >= 4 is 16.9 Å². The second-order valence-corrected chi connectivity index (χ2v) is 7.41. The van der Waals surface area contributed by atoms with Crippen molar-refractivity contribution in [3.8, 4) is 0 Å². The predicted molar refractivity (Wildman–Crippen MR) is 84.0 cm³/mol. The normalized spacial score (nSPS) is 26.8. The van der Waals surface area contributed by atoms with Crippen molar-refractivity contribution in [2.24, 2.45) is 10.4 Å². The largest absolute Gasteiger partial charge is 0.365 e. The third-order valence-corrected chi connectivity index (χ3v) is 6.17. The molecule has 1 saturated carbocycles. The van der Waals surface area contributed by atoms with Crippen LogP contribution >= 0.6 is 11.8 Å². The molecule has 19 heavy (non-hydrogen) atoms. The van der Waals surface area contributed by atoms with E-state index in [4.69, 9.17) is 4.99 Å². The first kappa shape index (κ1) is 13.7. The van der Waals surface area contributed by atoms with Crippen molar-refractivity contribution in [1.82, 2.24) is 10.2 Å². The standard InChI is InChI=1S/C15H27N3S/c1-2-7-15(6-1)12-17-14(19-13-15)16-8-5-11-18-9-3-4-10-18/h1-13H2,(H,16,17). The van der Waals surface area contributed by atoms with E-state index in [1.807, 2.05) is 11.8 Å². The molecule has 3 nitrogen and oxygen atoms in total. The molecule has 0 aromatic carbocycles. The molecule has 0 aromatic rings. The molecule has 1 saturated heterocycles. The SMILES string of the molecule is C1CCN(CCCNC2=NCC3(CCCC3)CS2)C1. The molecule has 108 valence electrons. The minimum atomic E-state index is 0.575. The molecule has 2 fully saturated rings. The Kier molecular flexibility index (Phi) is 4.69. The summed E-state index contributed by atoms with van der Waals surface area (Å²) in [5, 5.41) is 4.75. The van der Waals surface area contributed by atoms with E-state index in [-0.39, 0.29) is 0 Å². The van der Waals surface area contributed by atoms with Crippen LogP contribution in [0.5, 0.6) is 0 Å². The van der Waals surface area contributed by atoms with Crippen LogP contribution in [0.2, 0.25) is 0 Å². The lowest BCUT2D eigenvalue weighted by atomic mass is 9.89. The van der Waals surface area contributed by atoms with Gasteiger partial charge >= 0.3 is 0 Å². The van der Waals surface area contributed by atoms with Crippen LogP contribution < -0.4 is 5.32 Å². The topological polar surface area (TPSA) is 27.6 Å². The number of thioether (sulfide) groups is 1. The Balaban J connectivity index is 1.33. The number of amidine groups is 1. The average molecular weight is 281 g/mol. The van der Waals surface area contributed by atoms with E-state index in [9.17, 15) is 0 Å². The summed E-state index contributed by atoms with van der Waals surface area (Å²) in [5.74, 6) is 1.30. The molecule has 0 aromatic heterocycles. The maximum atomic E-state index is 4.79. The Hall–Kier alpha value is -0.220. The maximum absolute atomic E-state index is 4.79. The smallest absolute Gasteiger partial charge is 0.156 e. The van der Waals surface area contributed by atoms with Crippen LogP contribution in [0.25, 0.3) is 0 Å². The zero-order chi connectivity index (χ0) is 13.0. The minimum Gasteiger partial charge on any atom is -0.365 e. The fourth-order valence-corrected chi connectivity index (χ4v) is 4.77. The summed E-state index contributed by atoms with van der Waals surface area (Å²) in [7, 11) is 0. The van der Waals surface area contributed by atoms with Gasteiger partial charge in [0.25, 0.3) is 0 Å². The lowest BCUT2D eigenvalue weighted by molar-refractivity contribution is 0.334. The number of rotatable bonds is 4. The van der Waals surface area contributed by atoms with E-state index in [0.717, 1.165) is 13.1 Å². The number of aliphatic imine (C=N–C) groups is 1. The quantitative estimate of drug-likeness (QED) is 0.803. The Labute approximate surface area is 121 Å². The fraction of sp³-hybridized carbons (Fsp3) is 0.933. The maximum Gasteiger partial charge on any atom is 0.156 e. The van der Waals surface area contributed by atoms with Crippen LogP contribution in [0.1, 0.15) is 44.9 Å². The lowest BCUT2D eigenvalue weighted by Crippen LogP contribution is -2.34. The summed E-state index contributed by atoms with van der Waals surface area (Å²) in [6.45, 7) is 6.06. The average Bonchev–Trinajstić information content (AvgIpc) is 3.09. The third kappa shape index (κ3) is 3.66. The van der Waals surface area contributed by atoms with Crippen LogP contribution in [0.4, 0.5) is 0 Å². The summed E-state index contributed by atoms with van der Waals surface area (Å²) in [5.41, 5.74) is 0.575. The molecule has 1 spiro atoms. The van der Waals surface area contributed by atoms with Crippen molar-refractivity contribution in [1.29, 1.82) is 0 Å². The molecule has 0 atom stereocenters. The number of nitrogens with zero attached hydrogens (tertiary/aromatic N) is 2. The van der Waals surface area contributed by atoms with E-state index >= 15 is 0 Å². The Morgan fingerprint density at radius 1 is 1.16 bits per heavy atom. The van der Waals surface area contributed by atoms with Gasteiger partial charge in [-0.3, -0.25) is 4.99 Å². The molecule has 0 unspecified atom stereocenters. The first-order valence-corrected chi connectivity index (χ1v) is 8.98. The summed E-state index contributed by atoms with van der Waals surface area (Å²) in [6.07, 6.45) is 9.72. The van der Waals surface area contributed by atoms with Gasteiger partial charge < -0.3 is 10.2 Å². The molecule has 2 heterocycles. The summed E-state index contributed by atoms with van der Waals surface area (Å²) in [6, 6.07) is 0. The molecule has 4 heteroatoms. The zero-order valence-electron chi connectivity index (χ0n) is 12.0. The predicted octanol–water partition coefficient (Wildman–Crippen LogP) is 2.73. The first-order valence-electron chi connectivity index (χ1n) is 8.00. The first-order chi connectivity index (χ1) is 9.36. The highest BCUT2D eigenvalue weighted by Crippen LogP contribution is 2.43. The van der Waals surface area contributed by atoms with Crippen LogP contribution in [0.3, 0.4) is 0 Å². The molecule has 0 radical (unpaired) electrons. The van der Waals surface area contributed by atoms with E-state index in [2.05, 4.69) is 10.2 Å². The van der Waals surface area contributed by atoms with Gasteiger partial charge in [0.1, 0.15) is 0 Å². The molecule has 0 bridgehead atoms. The molecule has 1 N–H and O–H groups in total. The van der Waals surface area contributed by atoms with Crippen molar-refractivity contribution in [3.63, 3.8) is 0 Å². The van der Waals surface area contributed by atoms with E-state index in [1.165, 1.54) is 75.5 Å². The number of hydrogen-bond donors (Lipinski definition) is 1. The number of nitrogens with one attached hydrogen (secondary N) is 1. The van der Waals surface area contributed by atoms with E-state index in [0.29, 0.717) is 5.41 Å². The summed E-state index contributed by atoms with van der Waals surface area (Å²) in [4.78, 5) is 7.38. The van der Waals surface area contributed by atoms with Crippen molar-refractivity contribution in [2.75, 3.05) is 38.5 Å². The van der Waals surface area contributed by atoms with Crippen LogP contribution in [-0.4, -0.2) is 48.5 Å². The second-order valence-electron chi connectivity index (χ2n) is 6.45. The number of likely N-dealkylation sites (tertiary alicyclic amines) is 1. The number of hydrogen-bond acceptors (Lipinski definition) is 4. The highest BCUT2D eigenvalue weighted by Gasteiger charge is 2.36. The van der Waals surface area contributed by atoms with Crippen molar-refractivity contribution in [3.05, 3.63) is 0 Å². The van der Waals surface area contributed by atoms with Gasteiger partial charge in [-0.05, 0) is 57.2 Å². The highest BCUT2D eigenvalue weighted by molar-refractivity contribution is 8.13. The van der Waals surface area contributed by atoms with Crippen molar-refractivity contribution in [2.45, 2.75) is 44.9 Å². The van der Waals surface area contributed by atoms with Crippen molar-refractivity contribution < 1.29 is 0 Å². The third-order valence-electron chi connectivity index (χ3n) is 4.86. The van der Waals surface area contributed by atoms with Crippen LogP contribution in [0.15, 0.2) is 4.99 Å². The van der Waals surface area contributed by atoms with Gasteiger partial charge in [-0.1, -0.05) is 24.6 Å². The lowest BCUT2D eigenvalue weighted by Gasteiger charge is -2.31. The van der Waals surface area contributed by atoms with Gasteiger partial charge in [-0.25, -0.2) is 0 Å². The monoisotopic (exact) mass is 281 g/mol. The zero-order valence-corrected chi connectivity index (χ0v) is 12.8. The van der Waals surface area contributed by atoms with Gasteiger partial charge in [0.05, 0.1) is 0 Å². The Bertz CT molecular complexity index is 317. The molecule has 1 aliphatic carbocycles. The molecular formula is C15H27N3S. The Morgan fingerprint density at radius 2 is 1.95 bits per heavy atom. The minimum absolute atomic E-state index is 0.575. The molecule has 3 aliphatic rings. The van der Waals surface area contributed by atoms with Gasteiger partial charge in [0.15, 0.2) is 5.17 Å². The molecule has 0 amide bonds. The summed E-state index contributed by atoms with van der Waals surface area (Å²) < 4.78 is 0. The van der Waals surface area contributed by atoms with E-state index in [1.54, 1.807) is 0 Å². The van der Waals surface area contributed by atoms with Gasteiger partial charge in [-0.2, -0.15) is 0 Å². The van der Waals surface area contributed by atoms with Gasteiger partial charge in [0.2, 0.25) is 0 Å². The van der Waals surface area contributed by atoms with Gasteiger partial charge in [0, 0.05) is 18.8 Å². The van der Waals surface area contributed by atoms with E-state index < -0.39 is 0 Å². The summed E-state index contributed by atoms with van der Waals surface area (Å²) >= 11 is 1.97. The fourth-order valence-electron chi connectivity index (χ4n) is 3.59. The van der Waals surface area contributed by atoms with Gasteiger partial charge in [-0.15, -0.1) is 0 Å². The van der Waals surface area contributed by atoms with Crippen LogP contribution in [-0.2, 0) is 0 Å². The molecule has 2 aliphatic heterocycles. The molecular weight excluding hydrogens is 254 g/mol.